The van der Waals surface area contributed by atoms with E-state index in [9.17, 15) is 16.8 Å². The highest BCUT2D eigenvalue weighted by Crippen LogP contribution is 2.43. The van der Waals surface area contributed by atoms with Crippen molar-refractivity contribution in [2.45, 2.75) is 39.5 Å². The summed E-state index contributed by atoms with van der Waals surface area (Å²) in [6.07, 6.45) is 14.4. The average Bonchev–Trinajstić information content (AvgIpc) is 3.48. The number of halogens is 1. The molecule has 4 rings (SSSR count). The molecular weight excluding hydrogens is 432 g/mol. The maximum Gasteiger partial charge on any atom is 0.232 e. The minimum absolute atomic E-state index is 0.00849. The Labute approximate surface area is 180 Å². The molecule has 29 heavy (non-hydrogen) atoms. The third kappa shape index (κ3) is 7.98. The van der Waals surface area contributed by atoms with E-state index in [2.05, 4.69) is 39.7 Å². The van der Waals surface area contributed by atoms with Crippen LogP contribution in [-0.2, 0) is 19.1 Å². The maximum atomic E-state index is 11.2. The van der Waals surface area contributed by atoms with Gasteiger partial charge in [-0.15, -0.1) is 0 Å². The molecule has 3 N–H and O–H groups in total. The quantitative estimate of drug-likeness (QED) is 0.462. The van der Waals surface area contributed by atoms with Gasteiger partial charge >= 0.3 is 0 Å². The van der Waals surface area contributed by atoms with Crippen LogP contribution in [0.3, 0.4) is 0 Å². The van der Waals surface area contributed by atoms with Crippen LogP contribution in [0, 0.1) is 35.5 Å². The smallest absolute Gasteiger partial charge is 0.232 e. The summed E-state index contributed by atoms with van der Waals surface area (Å²) in [5.74, 6) is 4.63. The van der Waals surface area contributed by atoms with Gasteiger partial charge in [0.15, 0.2) is 0 Å². The van der Waals surface area contributed by atoms with Crippen molar-refractivity contribution in [2.24, 2.45) is 41.2 Å². The summed E-state index contributed by atoms with van der Waals surface area (Å²) < 4.78 is 44.7. The molecule has 0 heterocycles. The second-order valence-electron chi connectivity index (χ2n) is 8.40. The summed E-state index contributed by atoms with van der Waals surface area (Å²) in [6, 6.07) is 0. The minimum Gasteiger partial charge on any atom is -0.330 e. The fourth-order valence-corrected chi connectivity index (χ4v) is 5.30. The molecule has 0 aromatic carbocycles. The van der Waals surface area contributed by atoms with E-state index in [0.29, 0.717) is 18.4 Å². The number of hydrogen-bond acceptors (Lipinski definition) is 5. The lowest BCUT2D eigenvalue weighted by Gasteiger charge is -2.18. The van der Waals surface area contributed by atoms with Crippen molar-refractivity contribution in [3.05, 3.63) is 24.3 Å². The third-order valence-corrected chi connectivity index (χ3v) is 9.14. The first-order valence-corrected chi connectivity index (χ1v) is 14.7. The third-order valence-electron chi connectivity index (χ3n) is 6.43. The predicted octanol–water partition coefficient (Wildman–Crippen LogP) is 2.87. The molecule has 0 saturated heterocycles. The van der Waals surface area contributed by atoms with E-state index in [0.717, 1.165) is 36.6 Å². The van der Waals surface area contributed by atoms with Gasteiger partial charge in [0.2, 0.25) is 19.1 Å². The standard InChI is InChI=1S/C10H17NO2S.C8H13N.C2H5ClO2S/c1-2-14(12,13)11-7-10-6-8-3-4-9(10)5-8;9-5-8-4-6-1-2-7(8)3-6;1-2-6(3,4)5/h3-4,8-11H,2,5-7H2,1H3;1-2,6-8H,3-5,9H2;2H2,1H3. The van der Waals surface area contributed by atoms with Gasteiger partial charge < -0.3 is 5.73 Å². The van der Waals surface area contributed by atoms with Crippen LogP contribution in [0.5, 0.6) is 0 Å². The van der Waals surface area contributed by atoms with Crippen LogP contribution in [0.4, 0.5) is 0 Å². The average molecular weight is 467 g/mol. The maximum absolute atomic E-state index is 11.2. The van der Waals surface area contributed by atoms with Gasteiger partial charge in [0.25, 0.3) is 0 Å². The molecule has 2 fully saturated rings. The van der Waals surface area contributed by atoms with Crippen molar-refractivity contribution in [1.29, 1.82) is 0 Å². The monoisotopic (exact) mass is 466 g/mol. The fourth-order valence-electron chi connectivity index (χ4n) is 4.63. The number of hydrogen-bond donors (Lipinski definition) is 2. The van der Waals surface area contributed by atoms with E-state index in [-0.39, 0.29) is 11.5 Å². The van der Waals surface area contributed by atoms with Crippen LogP contribution in [0.15, 0.2) is 24.3 Å². The van der Waals surface area contributed by atoms with Gasteiger partial charge in [-0.05, 0) is 74.7 Å². The first-order valence-electron chi connectivity index (χ1n) is 10.5. The van der Waals surface area contributed by atoms with Gasteiger partial charge in [-0.2, -0.15) is 0 Å². The summed E-state index contributed by atoms with van der Waals surface area (Å²) >= 11 is 0. The Morgan fingerprint density at radius 2 is 1.34 bits per heavy atom. The first-order chi connectivity index (χ1) is 13.6. The van der Waals surface area contributed by atoms with Gasteiger partial charge in [-0.25, -0.2) is 21.6 Å². The first kappa shape index (κ1) is 24.9. The Balaban J connectivity index is 0.000000172. The van der Waals surface area contributed by atoms with E-state index < -0.39 is 19.1 Å². The Hall–Kier alpha value is -0.410. The van der Waals surface area contributed by atoms with Crippen LogP contribution in [-0.4, -0.2) is 41.4 Å². The van der Waals surface area contributed by atoms with Crippen molar-refractivity contribution in [1.82, 2.24) is 4.72 Å². The summed E-state index contributed by atoms with van der Waals surface area (Å²) in [7, 11) is -1.50. The van der Waals surface area contributed by atoms with Gasteiger partial charge in [-0.1, -0.05) is 31.2 Å². The molecular formula is C20H35ClN2O4S2. The molecule has 0 radical (unpaired) electrons. The molecule has 0 amide bonds. The van der Waals surface area contributed by atoms with Crippen LogP contribution in [0.1, 0.15) is 39.5 Å². The highest BCUT2D eigenvalue weighted by molar-refractivity contribution is 8.13. The molecule has 0 aliphatic heterocycles. The predicted molar refractivity (Wildman–Crippen MR) is 120 cm³/mol. The van der Waals surface area contributed by atoms with Crippen molar-refractivity contribution >= 4 is 29.8 Å². The van der Waals surface area contributed by atoms with Gasteiger partial charge in [-0.3, -0.25) is 0 Å². The number of allylic oxidation sites excluding steroid dienone is 4. The second-order valence-corrected chi connectivity index (χ2v) is 13.6. The molecule has 4 aliphatic rings. The number of sulfonamides is 1. The lowest BCUT2D eigenvalue weighted by molar-refractivity contribution is 0.440. The van der Waals surface area contributed by atoms with Crippen molar-refractivity contribution in [3.8, 4) is 0 Å². The molecule has 9 heteroatoms. The lowest BCUT2D eigenvalue weighted by Crippen LogP contribution is -2.31. The minimum atomic E-state index is -3.19. The van der Waals surface area contributed by atoms with Crippen molar-refractivity contribution in [3.63, 3.8) is 0 Å². The van der Waals surface area contributed by atoms with Crippen LogP contribution in [0.2, 0.25) is 0 Å². The highest BCUT2D eigenvalue weighted by Gasteiger charge is 2.36. The van der Waals surface area contributed by atoms with Gasteiger partial charge in [0.05, 0.1) is 11.5 Å². The highest BCUT2D eigenvalue weighted by atomic mass is 35.7. The Morgan fingerprint density at radius 3 is 1.62 bits per heavy atom. The van der Waals surface area contributed by atoms with E-state index in [4.69, 9.17) is 5.73 Å². The molecule has 2 saturated carbocycles. The number of nitrogens with two attached hydrogens (primary N) is 1. The summed E-state index contributed by atoms with van der Waals surface area (Å²) in [5, 5.41) is 0. The summed E-state index contributed by atoms with van der Waals surface area (Å²) in [5.41, 5.74) is 5.59. The van der Waals surface area contributed by atoms with E-state index in [1.54, 1.807) is 6.92 Å². The zero-order valence-corrected chi connectivity index (χ0v) is 19.7. The van der Waals surface area contributed by atoms with E-state index in [1.165, 1.54) is 26.2 Å². The molecule has 4 aliphatic carbocycles. The molecule has 6 nitrogen and oxygen atoms in total. The largest absolute Gasteiger partial charge is 0.330 e. The molecule has 168 valence electrons. The number of fused-ring (bicyclic) bond motifs is 4. The zero-order chi connectivity index (χ0) is 21.7. The number of rotatable bonds is 6. The Bertz CT molecular complexity index is 795. The van der Waals surface area contributed by atoms with E-state index in [1.807, 2.05) is 0 Å². The van der Waals surface area contributed by atoms with E-state index >= 15 is 0 Å². The van der Waals surface area contributed by atoms with Gasteiger partial charge in [0, 0.05) is 17.2 Å². The topological polar surface area (TPSA) is 106 Å². The molecule has 6 unspecified atom stereocenters. The fraction of sp³-hybridized carbons (Fsp3) is 0.800. The second kappa shape index (κ2) is 10.8. The van der Waals surface area contributed by atoms with Crippen molar-refractivity contribution < 1.29 is 16.8 Å². The Morgan fingerprint density at radius 1 is 0.862 bits per heavy atom. The molecule has 6 atom stereocenters. The van der Waals surface area contributed by atoms with Crippen LogP contribution < -0.4 is 10.5 Å². The summed E-state index contributed by atoms with van der Waals surface area (Å²) in [4.78, 5) is 0. The normalized spacial score (nSPS) is 33.9. The molecule has 0 spiro atoms. The molecule has 0 aromatic rings. The zero-order valence-electron chi connectivity index (χ0n) is 17.3. The molecule has 4 bridgehead atoms. The molecule has 0 aromatic heterocycles. The SMILES string of the molecule is CCS(=O)(=O)Cl.CCS(=O)(=O)NCC1CC2C=CC1C2.NCC1CC2C=CC1C2. The van der Waals surface area contributed by atoms with Gasteiger partial charge in [0.1, 0.15) is 0 Å². The summed E-state index contributed by atoms with van der Waals surface area (Å²) in [6.45, 7) is 4.68. The Kier molecular flexibility index (Phi) is 9.22. The van der Waals surface area contributed by atoms with Crippen LogP contribution in [0.25, 0.3) is 0 Å². The van der Waals surface area contributed by atoms with Crippen LogP contribution >= 0.6 is 10.7 Å². The van der Waals surface area contributed by atoms with Crippen molar-refractivity contribution in [2.75, 3.05) is 24.6 Å². The lowest BCUT2D eigenvalue weighted by atomic mass is 9.94. The number of nitrogens with one attached hydrogen (secondary N) is 1.